The minimum absolute atomic E-state index is 0. The summed E-state index contributed by atoms with van der Waals surface area (Å²) < 4.78 is 0. The Balaban J connectivity index is 0.000000810. The largest absolute Gasteiger partial charge is 1.00 e. The van der Waals surface area contributed by atoms with E-state index in [4.69, 9.17) is 0 Å². The molecular weight excluding hydrogens is 200 g/mol. The number of hydrogen-bond donors (Lipinski definition) is 1. The standard InChI is InChI=1S/C6H12N3.Rb/c1-4(2)6-7-5(3)8-9-6;/h4,6H,1-3H3,(H,7,8);/q-1;+1. The van der Waals surface area contributed by atoms with Gasteiger partial charge in [-0.15, -0.1) is 0 Å². The van der Waals surface area contributed by atoms with Crippen molar-refractivity contribution < 1.29 is 58.2 Å². The minimum Gasteiger partial charge on any atom is -0.581 e. The van der Waals surface area contributed by atoms with E-state index in [1.54, 1.807) is 0 Å². The van der Waals surface area contributed by atoms with Gasteiger partial charge in [0, 0.05) is 0 Å². The SMILES string of the molecule is CC1=N[N-]C(C(C)C)N1.[Rb+]. The second kappa shape index (κ2) is 4.85. The molecule has 1 aliphatic heterocycles. The molecule has 0 saturated heterocycles. The third kappa shape index (κ3) is 2.99. The van der Waals surface area contributed by atoms with Crippen LogP contribution in [0.1, 0.15) is 20.8 Å². The van der Waals surface area contributed by atoms with Crippen molar-refractivity contribution in [2.24, 2.45) is 11.0 Å². The van der Waals surface area contributed by atoms with Gasteiger partial charge in [0.1, 0.15) is 0 Å². The maximum atomic E-state index is 3.99. The number of rotatable bonds is 1. The molecular formula is C6H12N3Rb. The number of hydrogen-bond acceptors (Lipinski definition) is 2. The summed E-state index contributed by atoms with van der Waals surface area (Å²) in [5, 5.41) is 7.01. The monoisotopic (exact) mass is 211 g/mol. The van der Waals surface area contributed by atoms with Gasteiger partial charge in [-0.25, -0.2) is 0 Å². The van der Waals surface area contributed by atoms with Gasteiger partial charge in [0.15, 0.2) is 0 Å². The van der Waals surface area contributed by atoms with Gasteiger partial charge >= 0.3 is 58.2 Å². The van der Waals surface area contributed by atoms with E-state index in [-0.39, 0.29) is 64.4 Å². The molecule has 1 unspecified atom stereocenters. The number of amidine groups is 1. The maximum absolute atomic E-state index is 3.99. The fourth-order valence-electron chi connectivity index (χ4n) is 0.721. The third-order valence-electron chi connectivity index (χ3n) is 1.32. The second-order valence-corrected chi connectivity index (χ2v) is 2.63. The Bertz CT molecular complexity index is 133. The van der Waals surface area contributed by atoms with Crippen molar-refractivity contribution in [3.63, 3.8) is 0 Å². The Hall–Kier alpha value is 1.08. The normalized spacial score (nSPS) is 22.8. The van der Waals surface area contributed by atoms with Gasteiger partial charge in [-0.05, 0) is 19.0 Å². The predicted octanol–water partition coefficient (Wildman–Crippen LogP) is -1.72. The molecule has 1 rings (SSSR count). The molecule has 1 aliphatic rings. The first-order valence-corrected chi connectivity index (χ1v) is 3.21. The molecule has 0 aliphatic carbocycles. The Morgan fingerprint density at radius 1 is 1.60 bits per heavy atom. The maximum Gasteiger partial charge on any atom is 1.00 e. The summed E-state index contributed by atoms with van der Waals surface area (Å²) in [5.41, 5.74) is 3.99. The average molecular weight is 212 g/mol. The molecule has 0 spiro atoms. The Kier molecular flexibility index (Phi) is 5.38. The quantitative estimate of drug-likeness (QED) is 0.551. The molecule has 0 aromatic rings. The van der Waals surface area contributed by atoms with Crippen LogP contribution < -0.4 is 63.5 Å². The summed E-state index contributed by atoms with van der Waals surface area (Å²) in [5.74, 6) is 1.46. The number of nitrogens with one attached hydrogen (secondary N) is 1. The second-order valence-electron chi connectivity index (χ2n) is 2.63. The van der Waals surface area contributed by atoms with Crippen molar-refractivity contribution >= 4 is 5.84 Å². The molecule has 0 fully saturated rings. The van der Waals surface area contributed by atoms with E-state index >= 15 is 0 Å². The molecule has 10 heavy (non-hydrogen) atoms. The van der Waals surface area contributed by atoms with E-state index in [2.05, 4.69) is 29.7 Å². The molecule has 0 saturated carbocycles. The Morgan fingerprint density at radius 2 is 2.20 bits per heavy atom. The molecule has 0 amide bonds. The summed E-state index contributed by atoms with van der Waals surface area (Å²) >= 11 is 0. The summed E-state index contributed by atoms with van der Waals surface area (Å²) in [6, 6.07) is 0. The molecule has 1 N–H and O–H groups in total. The topological polar surface area (TPSA) is 38.5 Å². The van der Waals surface area contributed by atoms with Gasteiger partial charge in [-0.3, -0.25) is 0 Å². The van der Waals surface area contributed by atoms with Crippen LogP contribution in [-0.4, -0.2) is 12.0 Å². The molecule has 0 bridgehead atoms. The van der Waals surface area contributed by atoms with Crippen LogP contribution in [-0.2, 0) is 0 Å². The van der Waals surface area contributed by atoms with Crippen molar-refractivity contribution in [1.29, 1.82) is 0 Å². The van der Waals surface area contributed by atoms with Gasteiger partial charge < -0.3 is 15.8 Å². The smallest absolute Gasteiger partial charge is 0.581 e. The van der Waals surface area contributed by atoms with E-state index in [9.17, 15) is 0 Å². The van der Waals surface area contributed by atoms with Crippen LogP contribution in [0.2, 0.25) is 0 Å². The van der Waals surface area contributed by atoms with Crippen LogP contribution in [0, 0.1) is 5.92 Å². The molecule has 52 valence electrons. The minimum atomic E-state index is 0. The van der Waals surface area contributed by atoms with Crippen LogP contribution >= 0.6 is 0 Å². The van der Waals surface area contributed by atoms with Crippen LogP contribution in [0.15, 0.2) is 5.10 Å². The molecule has 3 nitrogen and oxygen atoms in total. The molecule has 0 aromatic heterocycles. The first-order valence-electron chi connectivity index (χ1n) is 3.21. The van der Waals surface area contributed by atoms with Crippen molar-refractivity contribution in [1.82, 2.24) is 5.32 Å². The zero-order chi connectivity index (χ0) is 6.85. The van der Waals surface area contributed by atoms with Crippen molar-refractivity contribution in [2.75, 3.05) is 0 Å². The fraction of sp³-hybridized carbons (Fsp3) is 0.833. The third-order valence-corrected chi connectivity index (χ3v) is 1.32. The van der Waals surface area contributed by atoms with E-state index in [0.29, 0.717) is 5.92 Å². The summed E-state index contributed by atoms with van der Waals surface area (Å²) in [4.78, 5) is 0. The average Bonchev–Trinajstić information content (AvgIpc) is 2.14. The van der Waals surface area contributed by atoms with Crippen molar-refractivity contribution in [3.8, 4) is 0 Å². The van der Waals surface area contributed by atoms with Gasteiger partial charge in [0.25, 0.3) is 0 Å². The zero-order valence-corrected chi connectivity index (χ0v) is 12.0. The fourth-order valence-corrected chi connectivity index (χ4v) is 0.721. The summed E-state index contributed by atoms with van der Waals surface area (Å²) in [6.07, 6.45) is 0.213. The van der Waals surface area contributed by atoms with Crippen LogP contribution in [0.4, 0.5) is 0 Å². The molecule has 0 aromatic carbocycles. The zero-order valence-electron chi connectivity index (χ0n) is 7.05. The summed E-state index contributed by atoms with van der Waals surface area (Å²) in [6.45, 7) is 6.16. The first-order chi connectivity index (χ1) is 4.20. The predicted molar refractivity (Wildman–Crippen MR) is 38.2 cm³/mol. The molecule has 0 radical (unpaired) electrons. The van der Waals surface area contributed by atoms with E-state index in [1.165, 1.54) is 0 Å². The Morgan fingerprint density at radius 3 is 2.40 bits per heavy atom. The van der Waals surface area contributed by atoms with Gasteiger partial charge in [-0.2, -0.15) is 0 Å². The van der Waals surface area contributed by atoms with E-state index in [1.807, 2.05) is 6.92 Å². The molecule has 1 heterocycles. The summed E-state index contributed by atoms with van der Waals surface area (Å²) in [7, 11) is 0. The molecule has 1 atom stereocenters. The number of nitrogens with zero attached hydrogens (tertiary/aromatic N) is 2. The Labute approximate surface area is 111 Å². The molecule has 4 heteroatoms. The van der Waals surface area contributed by atoms with Gasteiger partial charge in [0.2, 0.25) is 0 Å². The van der Waals surface area contributed by atoms with Crippen LogP contribution in [0.5, 0.6) is 0 Å². The van der Waals surface area contributed by atoms with Crippen molar-refractivity contribution in [2.45, 2.75) is 26.9 Å². The van der Waals surface area contributed by atoms with Crippen LogP contribution in [0.3, 0.4) is 0 Å². The van der Waals surface area contributed by atoms with Crippen molar-refractivity contribution in [3.05, 3.63) is 5.43 Å². The van der Waals surface area contributed by atoms with Gasteiger partial charge in [-0.1, -0.05) is 13.8 Å². The first kappa shape index (κ1) is 11.1. The van der Waals surface area contributed by atoms with Gasteiger partial charge in [0.05, 0.1) is 5.84 Å². The van der Waals surface area contributed by atoms with E-state index in [0.717, 1.165) is 5.84 Å². The van der Waals surface area contributed by atoms with Crippen LogP contribution in [0.25, 0.3) is 5.43 Å². The van der Waals surface area contributed by atoms with E-state index < -0.39 is 0 Å².